The van der Waals surface area contributed by atoms with Crippen molar-refractivity contribution in [3.63, 3.8) is 0 Å². The van der Waals surface area contributed by atoms with Crippen molar-refractivity contribution < 1.29 is 19.4 Å². The smallest absolute Gasteiger partial charge is 0.408 e. The zero-order valence-electron chi connectivity index (χ0n) is 16.7. The minimum atomic E-state index is -1.04. The number of aldehydes is 1. The lowest BCUT2D eigenvalue weighted by Crippen LogP contribution is -2.64. The first-order valence-corrected chi connectivity index (χ1v) is 9.51. The zero-order chi connectivity index (χ0) is 20.9. The number of anilines is 1. The Bertz CT molecular complexity index is 858. The number of hydrogen-bond donors (Lipinski definition) is 2. The fourth-order valence-corrected chi connectivity index (χ4v) is 3.76. The highest BCUT2D eigenvalue weighted by Gasteiger charge is 2.41. The average Bonchev–Trinajstić information content (AvgIpc) is 2.94. The van der Waals surface area contributed by atoms with Crippen LogP contribution in [-0.4, -0.2) is 66.8 Å². The van der Waals surface area contributed by atoms with E-state index in [1.165, 1.54) is 4.90 Å². The first-order valence-electron chi connectivity index (χ1n) is 9.51. The molecule has 8 heteroatoms. The predicted octanol–water partition coefficient (Wildman–Crippen LogP) is 2.45. The van der Waals surface area contributed by atoms with Crippen LogP contribution < -0.4 is 15.0 Å². The highest BCUT2D eigenvalue weighted by molar-refractivity contribution is 5.68. The van der Waals surface area contributed by atoms with E-state index < -0.39 is 11.8 Å². The van der Waals surface area contributed by atoms with Gasteiger partial charge in [0.1, 0.15) is 23.5 Å². The molecule has 1 atom stereocenters. The van der Waals surface area contributed by atoms with Crippen LogP contribution in [0, 0.1) is 0 Å². The Labute approximate surface area is 170 Å². The van der Waals surface area contributed by atoms with Crippen LogP contribution in [0.4, 0.5) is 10.6 Å². The highest BCUT2D eigenvalue weighted by atomic mass is 16.5. The summed E-state index contributed by atoms with van der Waals surface area (Å²) in [6.45, 7) is 1.33. The van der Waals surface area contributed by atoms with Gasteiger partial charge in [0.25, 0.3) is 0 Å². The second-order valence-electron chi connectivity index (χ2n) is 7.00. The van der Waals surface area contributed by atoms with E-state index in [9.17, 15) is 14.7 Å². The van der Waals surface area contributed by atoms with Crippen LogP contribution >= 0.6 is 0 Å². The van der Waals surface area contributed by atoms with E-state index in [4.69, 9.17) is 4.74 Å². The molecule has 3 rings (SSSR count). The van der Waals surface area contributed by atoms with Gasteiger partial charge in [-0.2, -0.15) is 0 Å². The number of carboxylic acid groups (broad SMARTS) is 1. The van der Waals surface area contributed by atoms with Gasteiger partial charge < -0.3 is 19.5 Å². The molecule has 1 fully saturated rings. The molecule has 1 saturated heterocycles. The molecule has 0 saturated carbocycles. The molecular weight excluding hydrogens is 372 g/mol. The van der Waals surface area contributed by atoms with Crippen molar-refractivity contribution in [1.29, 1.82) is 0 Å². The maximum absolute atomic E-state index is 11.8. The maximum Gasteiger partial charge on any atom is 0.408 e. The molecule has 0 radical (unpaired) electrons. The summed E-state index contributed by atoms with van der Waals surface area (Å²) in [4.78, 5) is 31.1. The van der Waals surface area contributed by atoms with Gasteiger partial charge in [-0.1, -0.05) is 12.1 Å². The molecule has 2 N–H and O–H groups in total. The van der Waals surface area contributed by atoms with Gasteiger partial charge in [-0.3, -0.25) is 10.2 Å². The van der Waals surface area contributed by atoms with E-state index in [1.807, 2.05) is 41.3 Å². The van der Waals surface area contributed by atoms with Crippen molar-refractivity contribution in [2.75, 3.05) is 38.7 Å². The van der Waals surface area contributed by atoms with Crippen molar-refractivity contribution in [1.82, 2.24) is 15.2 Å². The number of likely N-dealkylation sites (N-methyl/N-ethyl adjacent to an activating group) is 1. The molecule has 154 valence electrons. The summed E-state index contributed by atoms with van der Waals surface area (Å²) >= 11 is 0. The normalized spacial score (nSPS) is 19.5. The minimum absolute atomic E-state index is 0.0637. The van der Waals surface area contributed by atoms with E-state index in [1.54, 1.807) is 20.4 Å². The highest BCUT2D eigenvalue weighted by Crippen LogP contribution is 2.28. The summed E-state index contributed by atoms with van der Waals surface area (Å²) in [5.74, 6) is 1.52. The lowest BCUT2D eigenvalue weighted by Gasteiger charge is -2.41. The van der Waals surface area contributed by atoms with Gasteiger partial charge in [0.15, 0.2) is 0 Å². The number of rotatable bonds is 6. The van der Waals surface area contributed by atoms with E-state index >= 15 is 0 Å². The first kappa shape index (κ1) is 20.6. The lowest BCUT2D eigenvalue weighted by molar-refractivity contribution is -0.110. The van der Waals surface area contributed by atoms with E-state index in [0.29, 0.717) is 26.1 Å². The largest absolute Gasteiger partial charge is 0.497 e. The molecule has 1 aliphatic rings. The van der Waals surface area contributed by atoms with E-state index in [-0.39, 0.29) is 6.42 Å². The quantitative estimate of drug-likeness (QED) is 0.722. The summed E-state index contributed by atoms with van der Waals surface area (Å²) < 4.78 is 5.28. The number of carbonyl (C=O) groups excluding carboxylic acids is 1. The number of ether oxygens (including phenoxy) is 1. The topological polar surface area (TPSA) is 95.0 Å². The van der Waals surface area contributed by atoms with Crippen LogP contribution in [-0.2, 0) is 4.79 Å². The van der Waals surface area contributed by atoms with Crippen molar-refractivity contribution in [2.45, 2.75) is 18.5 Å². The molecule has 1 unspecified atom stereocenters. The van der Waals surface area contributed by atoms with Crippen LogP contribution in [0.25, 0.3) is 11.1 Å². The Morgan fingerprint density at radius 1 is 1.31 bits per heavy atom. The van der Waals surface area contributed by atoms with Crippen LogP contribution in [0.5, 0.6) is 5.75 Å². The van der Waals surface area contributed by atoms with Crippen LogP contribution in [0.15, 0.2) is 42.6 Å². The van der Waals surface area contributed by atoms with Gasteiger partial charge in [-0.05, 0) is 43.3 Å². The zero-order valence-corrected chi connectivity index (χ0v) is 16.7. The molecule has 2 aromatic rings. The van der Waals surface area contributed by atoms with Crippen molar-refractivity contribution in [2.24, 2.45) is 0 Å². The molecule has 1 amide bonds. The van der Waals surface area contributed by atoms with E-state index in [2.05, 4.69) is 10.3 Å². The number of aromatic nitrogens is 1. The summed E-state index contributed by atoms with van der Waals surface area (Å²) in [5.41, 5.74) is 0.973. The Hall–Kier alpha value is -3.13. The third-order valence-corrected chi connectivity index (χ3v) is 5.37. The molecule has 2 heterocycles. The molecule has 8 nitrogen and oxygen atoms in total. The summed E-state index contributed by atoms with van der Waals surface area (Å²) in [7, 11) is 3.32. The lowest BCUT2D eigenvalue weighted by atomic mass is 10.0. The van der Waals surface area contributed by atoms with Crippen LogP contribution in [0.2, 0.25) is 0 Å². The molecule has 0 aliphatic carbocycles. The molecule has 0 spiro atoms. The fraction of sp³-hybridized carbons (Fsp3) is 0.381. The standard InChI is InChI=1S/C21H26N4O4/c1-22-21(9-12-26)15-24(10-4-11-25(21)20(27)28)19-8-7-17(14-23-19)16-5-3-6-18(13-16)29-2/h3,5-8,12-14,22H,4,9-11,15H2,1-2H3,(H,27,28). The Kier molecular flexibility index (Phi) is 6.33. The molecule has 0 bridgehead atoms. The number of nitrogens with one attached hydrogen (secondary N) is 1. The van der Waals surface area contributed by atoms with Gasteiger partial charge in [0.2, 0.25) is 0 Å². The number of benzene rings is 1. The maximum atomic E-state index is 11.8. The summed E-state index contributed by atoms with van der Waals surface area (Å²) in [6.07, 6.45) is 2.23. The third-order valence-electron chi connectivity index (χ3n) is 5.37. The SMILES string of the molecule is CNC1(CC=O)CN(c2ccc(-c3cccc(OC)c3)cn2)CCCN1C(=O)O. The van der Waals surface area contributed by atoms with E-state index in [0.717, 1.165) is 29.0 Å². The van der Waals surface area contributed by atoms with Crippen molar-refractivity contribution in [3.05, 3.63) is 42.6 Å². The first-order chi connectivity index (χ1) is 14.0. The second-order valence-corrected chi connectivity index (χ2v) is 7.00. The van der Waals surface area contributed by atoms with Crippen molar-refractivity contribution in [3.8, 4) is 16.9 Å². The summed E-state index contributed by atoms with van der Waals surface area (Å²) in [5, 5.41) is 12.7. The minimum Gasteiger partial charge on any atom is -0.497 e. The summed E-state index contributed by atoms with van der Waals surface area (Å²) in [6, 6.07) is 11.7. The van der Waals surface area contributed by atoms with Gasteiger partial charge in [-0.15, -0.1) is 0 Å². The number of hydrogen-bond acceptors (Lipinski definition) is 6. The Morgan fingerprint density at radius 2 is 2.14 bits per heavy atom. The number of carbonyl (C=O) groups is 2. The second kappa shape index (κ2) is 8.91. The van der Waals surface area contributed by atoms with Gasteiger partial charge >= 0.3 is 6.09 Å². The number of nitrogens with zero attached hydrogens (tertiary/aromatic N) is 3. The Balaban J connectivity index is 1.87. The third kappa shape index (κ3) is 4.32. The van der Waals surface area contributed by atoms with Crippen molar-refractivity contribution >= 4 is 18.2 Å². The number of pyridine rings is 1. The monoisotopic (exact) mass is 398 g/mol. The molecule has 1 aromatic heterocycles. The van der Waals surface area contributed by atoms with Gasteiger partial charge in [-0.25, -0.2) is 9.78 Å². The average molecular weight is 398 g/mol. The predicted molar refractivity (Wildman–Crippen MR) is 110 cm³/mol. The van der Waals surface area contributed by atoms with Crippen LogP contribution in [0.1, 0.15) is 12.8 Å². The number of amides is 1. The molecular formula is C21H26N4O4. The molecule has 1 aromatic carbocycles. The molecule has 1 aliphatic heterocycles. The van der Waals surface area contributed by atoms with Crippen LogP contribution in [0.3, 0.4) is 0 Å². The number of methoxy groups -OCH3 is 1. The fourth-order valence-electron chi connectivity index (χ4n) is 3.76. The Morgan fingerprint density at radius 3 is 2.76 bits per heavy atom. The molecule has 29 heavy (non-hydrogen) atoms. The van der Waals surface area contributed by atoms with Gasteiger partial charge in [0.05, 0.1) is 13.7 Å². The van der Waals surface area contributed by atoms with Gasteiger partial charge in [0, 0.05) is 31.3 Å².